The largest absolute Gasteiger partial charge is 0.465 e. The summed E-state index contributed by atoms with van der Waals surface area (Å²) in [5, 5.41) is 12.7. The number of nitrogens with zero attached hydrogens (tertiary/aromatic N) is 3. The molecular weight excluding hydrogens is 428 g/mol. The number of anilines is 2. The summed E-state index contributed by atoms with van der Waals surface area (Å²) < 4.78 is 4.78. The lowest BCUT2D eigenvalue weighted by molar-refractivity contribution is 0.0600. The van der Waals surface area contributed by atoms with Crippen molar-refractivity contribution in [1.29, 1.82) is 5.26 Å². The first-order valence-corrected chi connectivity index (χ1v) is 11.2. The number of hydrogen-bond acceptors (Lipinski definition) is 6. The second-order valence-corrected chi connectivity index (χ2v) is 8.39. The Bertz CT molecular complexity index is 1310. The quantitative estimate of drug-likeness (QED) is 0.608. The highest BCUT2D eigenvalue weighted by atomic mass is 16.5. The highest BCUT2D eigenvalue weighted by molar-refractivity contribution is 6.07. The Kier molecular flexibility index (Phi) is 5.74. The summed E-state index contributed by atoms with van der Waals surface area (Å²) in [6, 6.07) is 23.0. The standard InChI is InChI=1S/C27H24N4O3/c1-34-27(33)18-10-11-24(19(16-18)17-28)30-12-14-31(15-13-30)25-20-6-2-3-7-21(20)26(32)29-23-9-5-4-8-22(23)25/h2-11,16,25H,12-15H2,1H3,(H,29,32). The van der Waals surface area contributed by atoms with Gasteiger partial charge in [0.25, 0.3) is 5.91 Å². The molecule has 3 aromatic carbocycles. The zero-order valence-corrected chi connectivity index (χ0v) is 18.8. The number of benzene rings is 3. The number of nitriles is 1. The van der Waals surface area contributed by atoms with Gasteiger partial charge in [-0.3, -0.25) is 9.69 Å². The van der Waals surface area contributed by atoms with Gasteiger partial charge in [0.1, 0.15) is 6.07 Å². The van der Waals surface area contributed by atoms with Crippen LogP contribution >= 0.6 is 0 Å². The minimum absolute atomic E-state index is 0.0503. The van der Waals surface area contributed by atoms with E-state index in [1.165, 1.54) is 7.11 Å². The van der Waals surface area contributed by atoms with E-state index in [2.05, 4.69) is 27.3 Å². The van der Waals surface area contributed by atoms with Crippen molar-refractivity contribution in [3.63, 3.8) is 0 Å². The molecule has 1 N–H and O–H groups in total. The second-order valence-electron chi connectivity index (χ2n) is 8.39. The van der Waals surface area contributed by atoms with E-state index in [0.29, 0.717) is 29.8 Å². The zero-order chi connectivity index (χ0) is 23.7. The fourth-order valence-corrected chi connectivity index (χ4v) is 4.91. The molecule has 0 aliphatic carbocycles. The third-order valence-corrected chi connectivity index (χ3v) is 6.56. The fraction of sp³-hybridized carbons (Fsp3) is 0.222. The van der Waals surface area contributed by atoms with Gasteiger partial charge in [0.2, 0.25) is 0 Å². The average molecular weight is 453 g/mol. The molecule has 7 heteroatoms. The average Bonchev–Trinajstić information content (AvgIpc) is 3.01. The summed E-state index contributed by atoms with van der Waals surface area (Å²) >= 11 is 0. The predicted octanol–water partition coefficient (Wildman–Crippen LogP) is 3.82. The number of piperazine rings is 1. The smallest absolute Gasteiger partial charge is 0.337 e. The van der Waals surface area contributed by atoms with Crippen molar-refractivity contribution in [2.24, 2.45) is 0 Å². The Hall–Kier alpha value is -4.15. The number of nitrogens with one attached hydrogen (secondary N) is 1. The Balaban J connectivity index is 1.44. The van der Waals surface area contributed by atoms with E-state index >= 15 is 0 Å². The Morgan fingerprint density at radius 3 is 2.44 bits per heavy atom. The number of rotatable bonds is 3. The number of methoxy groups -OCH3 is 1. The monoisotopic (exact) mass is 452 g/mol. The first-order valence-electron chi connectivity index (χ1n) is 11.2. The van der Waals surface area contributed by atoms with Gasteiger partial charge in [0, 0.05) is 37.4 Å². The topological polar surface area (TPSA) is 85.7 Å². The van der Waals surface area contributed by atoms with Gasteiger partial charge < -0.3 is 15.0 Å². The van der Waals surface area contributed by atoms with Crippen LogP contribution in [-0.4, -0.2) is 50.1 Å². The number of ether oxygens (including phenoxy) is 1. The summed E-state index contributed by atoms with van der Waals surface area (Å²) in [4.78, 5) is 29.3. The van der Waals surface area contributed by atoms with Gasteiger partial charge in [-0.2, -0.15) is 5.26 Å². The van der Waals surface area contributed by atoms with Gasteiger partial charge in [0.05, 0.1) is 30.0 Å². The van der Waals surface area contributed by atoms with Gasteiger partial charge in [-0.05, 0) is 41.5 Å². The van der Waals surface area contributed by atoms with Crippen molar-refractivity contribution in [2.75, 3.05) is 43.5 Å². The molecule has 0 spiro atoms. The molecule has 2 aliphatic heterocycles. The first kappa shape index (κ1) is 21.7. The van der Waals surface area contributed by atoms with E-state index in [0.717, 1.165) is 35.6 Å². The Labute approximate surface area is 198 Å². The van der Waals surface area contributed by atoms with Crippen LogP contribution in [0.5, 0.6) is 0 Å². The summed E-state index contributed by atoms with van der Waals surface area (Å²) in [6.07, 6.45) is 0. The molecular formula is C27H24N4O3. The number of hydrogen-bond donors (Lipinski definition) is 1. The molecule has 5 rings (SSSR count). The number of carbonyl (C=O) groups is 2. The fourth-order valence-electron chi connectivity index (χ4n) is 4.91. The van der Waals surface area contributed by atoms with Crippen LogP contribution in [0.2, 0.25) is 0 Å². The first-order chi connectivity index (χ1) is 16.6. The normalized spacial score (nSPS) is 17.6. The predicted molar refractivity (Wildman–Crippen MR) is 129 cm³/mol. The number of carbonyl (C=O) groups excluding carboxylic acids is 2. The number of esters is 1. The Morgan fingerprint density at radius 2 is 1.71 bits per heavy atom. The Morgan fingerprint density at radius 1 is 1.00 bits per heavy atom. The second kappa shape index (κ2) is 9.00. The van der Waals surface area contributed by atoms with E-state index in [4.69, 9.17) is 4.74 Å². The van der Waals surface area contributed by atoms with Crippen LogP contribution in [0.25, 0.3) is 0 Å². The van der Waals surface area contributed by atoms with E-state index in [1.54, 1.807) is 12.1 Å². The molecule has 1 saturated heterocycles. The van der Waals surface area contributed by atoms with Crippen molar-refractivity contribution >= 4 is 23.3 Å². The summed E-state index contributed by atoms with van der Waals surface area (Å²) in [6.45, 7) is 2.94. The molecule has 34 heavy (non-hydrogen) atoms. The molecule has 1 amide bonds. The molecule has 1 unspecified atom stereocenters. The van der Waals surface area contributed by atoms with Crippen LogP contribution in [0.3, 0.4) is 0 Å². The molecule has 2 aliphatic rings. The van der Waals surface area contributed by atoms with Crippen LogP contribution in [-0.2, 0) is 4.74 Å². The SMILES string of the molecule is COC(=O)c1ccc(N2CCN(C3c4ccccc4NC(=O)c4ccccc43)CC2)c(C#N)c1. The van der Waals surface area contributed by atoms with Crippen LogP contribution < -0.4 is 10.2 Å². The molecule has 0 bridgehead atoms. The number of para-hydroxylation sites is 1. The lowest BCUT2D eigenvalue weighted by atomic mass is 9.93. The molecule has 0 radical (unpaired) electrons. The lowest BCUT2D eigenvalue weighted by Crippen LogP contribution is -2.48. The highest BCUT2D eigenvalue weighted by Gasteiger charge is 2.33. The van der Waals surface area contributed by atoms with Crippen molar-refractivity contribution in [2.45, 2.75) is 6.04 Å². The van der Waals surface area contributed by atoms with Crippen LogP contribution in [0, 0.1) is 11.3 Å². The van der Waals surface area contributed by atoms with Crippen molar-refractivity contribution in [1.82, 2.24) is 4.90 Å². The van der Waals surface area contributed by atoms with Crippen LogP contribution in [0.15, 0.2) is 66.7 Å². The van der Waals surface area contributed by atoms with Gasteiger partial charge in [-0.25, -0.2) is 4.79 Å². The summed E-state index contributed by atoms with van der Waals surface area (Å²) in [5.74, 6) is -0.546. The summed E-state index contributed by atoms with van der Waals surface area (Å²) in [5.41, 5.74) is 5.24. The summed E-state index contributed by atoms with van der Waals surface area (Å²) in [7, 11) is 1.33. The molecule has 7 nitrogen and oxygen atoms in total. The van der Waals surface area contributed by atoms with Crippen molar-refractivity contribution in [3.8, 4) is 6.07 Å². The zero-order valence-electron chi connectivity index (χ0n) is 18.8. The van der Waals surface area contributed by atoms with Crippen LogP contribution in [0.1, 0.15) is 43.4 Å². The highest BCUT2D eigenvalue weighted by Crippen LogP contribution is 2.39. The van der Waals surface area contributed by atoms with Crippen LogP contribution in [0.4, 0.5) is 11.4 Å². The molecule has 3 aromatic rings. The van der Waals surface area contributed by atoms with Gasteiger partial charge >= 0.3 is 5.97 Å². The van der Waals surface area contributed by atoms with Gasteiger partial charge in [0.15, 0.2) is 0 Å². The number of amides is 1. The molecule has 1 fully saturated rings. The maximum Gasteiger partial charge on any atom is 0.337 e. The maximum atomic E-state index is 12.9. The van der Waals surface area contributed by atoms with Gasteiger partial charge in [-0.1, -0.05) is 36.4 Å². The maximum absolute atomic E-state index is 12.9. The molecule has 0 saturated carbocycles. The van der Waals surface area contributed by atoms with E-state index < -0.39 is 5.97 Å². The molecule has 1 atom stereocenters. The minimum Gasteiger partial charge on any atom is -0.465 e. The van der Waals surface area contributed by atoms with Gasteiger partial charge in [-0.15, -0.1) is 0 Å². The molecule has 0 aromatic heterocycles. The lowest BCUT2D eigenvalue weighted by Gasteiger charge is -2.41. The van der Waals surface area contributed by atoms with Crippen molar-refractivity contribution < 1.29 is 14.3 Å². The number of fused-ring (bicyclic) bond motifs is 2. The third kappa shape index (κ3) is 3.78. The molecule has 2 heterocycles. The third-order valence-electron chi connectivity index (χ3n) is 6.56. The van der Waals surface area contributed by atoms with Crippen molar-refractivity contribution in [3.05, 3.63) is 94.5 Å². The van der Waals surface area contributed by atoms with E-state index in [1.807, 2.05) is 48.5 Å². The molecule has 170 valence electrons. The van der Waals surface area contributed by atoms with E-state index in [9.17, 15) is 14.9 Å². The van der Waals surface area contributed by atoms with E-state index in [-0.39, 0.29) is 11.9 Å². The minimum atomic E-state index is -0.457.